The second-order valence-corrected chi connectivity index (χ2v) is 5.38. The van der Waals surface area contributed by atoms with E-state index in [-0.39, 0.29) is 5.92 Å². The van der Waals surface area contributed by atoms with Crippen molar-refractivity contribution >= 4 is 22.8 Å². The Morgan fingerprint density at radius 3 is 2.73 bits per heavy atom. The maximum Gasteiger partial charge on any atom is 0.152 e. The minimum absolute atomic E-state index is 0.223. The fraction of sp³-hybridized carbons (Fsp3) is 0.105. The highest BCUT2D eigenvalue weighted by Gasteiger charge is 2.23. The zero-order valence-corrected chi connectivity index (χ0v) is 12.1. The van der Waals surface area contributed by atoms with E-state index in [1.54, 1.807) is 0 Å². The number of nitrogens with one attached hydrogen (secondary N) is 1. The van der Waals surface area contributed by atoms with Crippen molar-refractivity contribution in [3.8, 4) is 0 Å². The molecule has 1 atom stereocenters. The summed E-state index contributed by atoms with van der Waals surface area (Å²) in [6, 6.07) is 20.4. The number of hydrazone groups is 1. The van der Waals surface area contributed by atoms with Gasteiger partial charge in [0, 0.05) is 17.8 Å². The van der Waals surface area contributed by atoms with Crippen molar-refractivity contribution in [3.63, 3.8) is 0 Å². The monoisotopic (exact) mass is 288 g/mol. The Hall–Kier alpha value is -2.81. The smallest absolute Gasteiger partial charge is 0.152 e. The minimum atomic E-state index is 0.223. The lowest BCUT2D eigenvalue weighted by Crippen LogP contribution is -2.13. The third kappa shape index (κ3) is 2.42. The Kier molecular flexibility index (Phi) is 3.24. The molecule has 1 aliphatic heterocycles. The van der Waals surface area contributed by atoms with Crippen molar-refractivity contribution in [3.05, 3.63) is 78.1 Å². The van der Waals surface area contributed by atoms with Crippen LogP contribution in [0.5, 0.6) is 0 Å². The SMILES string of the molecule is C(=C\C1CNN=C1c1cc2ccccc2o1)/c1ccccc1. The lowest BCUT2D eigenvalue weighted by atomic mass is 10.0. The topological polar surface area (TPSA) is 37.5 Å². The van der Waals surface area contributed by atoms with Crippen LogP contribution in [0.4, 0.5) is 0 Å². The maximum absolute atomic E-state index is 5.93. The second kappa shape index (κ2) is 5.53. The van der Waals surface area contributed by atoms with Crippen LogP contribution < -0.4 is 5.43 Å². The van der Waals surface area contributed by atoms with Gasteiger partial charge in [-0.3, -0.25) is 0 Å². The van der Waals surface area contributed by atoms with E-state index in [9.17, 15) is 0 Å². The van der Waals surface area contributed by atoms with Crippen LogP contribution in [0.1, 0.15) is 11.3 Å². The average molecular weight is 288 g/mol. The molecule has 0 bridgehead atoms. The summed E-state index contributed by atoms with van der Waals surface area (Å²) in [6.45, 7) is 0.801. The van der Waals surface area contributed by atoms with Gasteiger partial charge in [0.25, 0.3) is 0 Å². The van der Waals surface area contributed by atoms with E-state index in [1.807, 2.05) is 36.4 Å². The molecule has 0 aliphatic carbocycles. The van der Waals surface area contributed by atoms with Crippen LogP contribution in [0.25, 0.3) is 17.0 Å². The lowest BCUT2D eigenvalue weighted by molar-refractivity contribution is 0.601. The van der Waals surface area contributed by atoms with E-state index in [1.165, 1.54) is 5.56 Å². The van der Waals surface area contributed by atoms with Crippen LogP contribution in [-0.4, -0.2) is 12.3 Å². The summed E-state index contributed by atoms with van der Waals surface area (Å²) in [6.07, 6.45) is 4.32. The van der Waals surface area contributed by atoms with Gasteiger partial charge in [0.1, 0.15) is 11.3 Å². The number of para-hydroxylation sites is 1. The first kappa shape index (κ1) is 12.9. The number of benzene rings is 2. The molecule has 0 radical (unpaired) electrons. The zero-order valence-electron chi connectivity index (χ0n) is 12.1. The molecule has 1 aliphatic rings. The molecule has 4 rings (SSSR count). The minimum Gasteiger partial charge on any atom is -0.455 e. The number of hydrogen-bond donors (Lipinski definition) is 1. The van der Waals surface area contributed by atoms with E-state index < -0.39 is 0 Å². The van der Waals surface area contributed by atoms with Crippen molar-refractivity contribution in [2.75, 3.05) is 6.54 Å². The predicted molar refractivity (Wildman–Crippen MR) is 89.7 cm³/mol. The maximum atomic E-state index is 5.93. The lowest BCUT2D eigenvalue weighted by Gasteiger charge is -2.04. The van der Waals surface area contributed by atoms with Gasteiger partial charge < -0.3 is 9.84 Å². The van der Waals surface area contributed by atoms with Gasteiger partial charge in [-0.25, -0.2) is 0 Å². The Labute approximate surface area is 129 Å². The van der Waals surface area contributed by atoms with Crippen LogP contribution >= 0.6 is 0 Å². The van der Waals surface area contributed by atoms with Gasteiger partial charge in [-0.05, 0) is 17.7 Å². The largest absolute Gasteiger partial charge is 0.455 e. The van der Waals surface area contributed by atoms with E-state index in [4.69, 9.17) is 4.42 Å². The van der Waals surface area contributed by atoms with Crippen molar-refractivity contribution in [1.82, 2.24) is 5.43 Å². The third-order valence-electron chi connectivity index (χ3n) is 3.86. The summed E-state index contributed by atoms with van der Waals surface area (Å²) in [5.74, 6) is 1.06. The first-order valence-corrected chi connectivity index (χ1v) is 7.43. The molecule has 2 heterocycles. The van der Waals surface area contributed by atoms with E-state index in [2.05, 4.69) is 46.9 Å². The molecule has 3 aromatic rings. The van der Waals surface area contributed by atoms with Crippen molar-refractivity contribution in [2.24, 2.45) is 11.0 Å². The zero-order chi connectivity index (χ0) is 14.8. The second-order valence-electron chi connectivity index (χ2n) is 5.38. The van der Waals surface area contributed by atoms with Crippen LogP contribution in [0.15, 0.2) is 76.3 Å². The van der Waals surface area contributed by atoms with Gasteiger partial charge in [-0.1, -0.05) is 60.7 Å². The molecule has 0 fully saturated rings. The molecule has 1 N–H and O–H groups in total. The summed E-state index contributed by atoms with van der Waals surface area (Å²) >= 11 is 0. The number of hydrogen-bond acceptors (Lipinski definition) is 3. The van der Waals surface area contributed by atoms with Gasteiger partial charge in [-0.15, -0.1) is 0 Å². The van der Waals surface area contributed by atoms with Crippen LogP contribution in [-0.2, 0) is 0 Å². The molecule has 0 saturated carbocycles. The predicted octanol–water partition coefficient (Wildman–Crippen LogP) is 4.07. The Morgan fingerprint density at radius 1 is 1.05 bits per heavy atom. The molecule has 2 aromatic carbocycles. The highest BCUT2D eigenvalue weighted by Crippen LogP contribution is 2.24. The van der Waals surface area contributed by atoms with E-state index in [0.717, 1.165) is 29.0 Å². The number of nitrogens with zero attached hydrogens (tertiary/aromatic N) is 1. The highest BCUT2D eigenvalue weighted by atomic mass is 16.3. The van der Waals surface area contributed by atoms with Gasteiger partial charge in [0.05, 0.1) is 0 Å². The van der Waals surface area contributed by atoms with Crippen molar-refractivity contribution in [2.45, 2.75) is 0 Å². The number of rotatable bonds is 3. The van der Waals surface area contributed by atoms with E-state index >= 15 is 0 Å². The summed E-state index contributed by atoms with van der Waals surface area (Å²) in [4.78, 5) is 0. The molecule has 0 amide bonds. The molecule has 0 saturated heterocycles. The Balaban J connectivity index is 1.62. The number of fused-ring (bicyclic) bond motifs is 1. The first-order chi connectivity index (χ1) is 10.9. The normalized spacial score (nSPS) is 17.8. The fourth-order valence-corrected chi connectivity index (χ4v) is 2.71. The molecule has 22 heavy (non-hydrogen) atoms. The first-order valence-electron chi connectivity index (χ1n) is 7.43. The molecule has 0 spiro atoms. The van der Waals surface area contributed by atoms with Gasteiger partial charge in [0.15, 0.2) is 5.76 Å². The highest BCUT2D eigenvalue weighted by molar-refractivity contribution is 6.04. The van der Waals surface area contributed by atoms with Gasteiger partial charge in [-0.2, -0.15) is 5.10 Å². The molecular formula is C19H16N2O. The molecule has 3 heteroatoms. The Bertz CT molecular complexity index is 813. The number of furan rings is 1. The molecule has 1 unspecified atom stereocenters. The fourth-order valence-electron chi connectivity index (χ4n) is 2.71. The van der Waals surface area contributed by atoms with Gasteiger partial charge in [0.2, 0.25) is 0 Å². The van der Waals surface area contributed by atoms with Crippen LogP contribution in [0.2, 0.25) is 0 Å². The molecular weight excluding hydrogens is 272 g/mol. The molecule has 108 valence electrons. The van der Waals surface area contributed by atoms with Crippen molar-refractivity contribution < 1.29 is 4.42 Å². The van der Waals surface area contributed by atoms with Crippen molar-refractivity contribution in [1.29, 1.82) is 0 Å². The van der Waals surface area contributed by atoms with E-state index in [0.29, 0.717) is 0 Å². The Morgan fingerprint density at radius 2 is 1.86 bits per heavy atom. The molecule has 1 aromatic heterocycles. The summed E-state index contributed by atoms with van der Waals surface area (Å²) in [5, 5.41) is 5.53. The quantitative estimate of drug-likeness (QED) is 0.789. The summed E-state index contributed by atoms with van der Waals surface area (Å²) in [5.41, 5.74) is 6.13. The third-order valence-corrected chi connectivity index (χ3v) is 3.86. The van der Waals surface area contributed by atoms with Crippen LogP contribution in [0.3, 0.4) is 0 Å². The summed E-state index contributed by atoms with van der Waals surface area (Å²) in [7, 11) is 0. The van der Waals surface area contributed by atoms with Crippen LogP contribution in [0, 0.1) is 5.92 Å². The average Bonchev–Trinajstić information content (AvgIpc) is 3.20. The van der Waals surface area contributed by atoms with Gasteiger partial charge >= 0.3 is 0 Å². The standard InChI is InChI=1S/C19H16N2O/c1-2-6-14(7-3-1)10-11-16-13-20-21-19(16)18-12-15-8-4-5-9-17(15)22-18/h1-12,16,20H,13H2/b11-10+. The molecule has 3 nitrogen and oxygen atoms in total. The summed E-state index contributed by atoms with van der Waals surface area (Å²) < 4.78 is 5.93.